The number of rotatable bonds is 28. The molecule has 0 aliphatic carbocycles. The van der Waals surface area contributed by atoms with E-state index in [0.717, 1.165) is 0 Å². The third-order valence-electron chi connectivity index (χ3n) is 8.10. The van der Waals surface area contributed by atoms with Crippen molar-refractivity contribution in [1.29, 1.82) is 0 Å². The fraction of sp³-hybridized carbons (Fsp3) is 0.912. The Morgan fingerprint density at radius 3 is 1.33 bits per heavy atom. The lowest BCUT2D eigenvalue weighted by Gasteiger charge is -2.07. The van der Waals surface area contributed by atoms with Gasteiger partial charge in [-0.1, -0.05) is 149 Å². The lowest BCUT2D eigenvalue weighted by molar-refractivity contribution is -0.704. The van der Waals surface area contributed by atoms with Crippen molar-refractivity contribution in [2.45, 2.75) is 201 Å². The molecule has 0 saturated carbocycles. The molecule has 2 nitrogen and oxygen atoms in total. The highest BCUT2D eigenvalue weighted by molar-refractivity contribution is 4.84. The van der Waals surface area contributed by atoms with E-state index in [1.807, 2.05) is 0 Å². The molecular formula is C34H67N2+. The first-order valence-electron chi connectivity index (χ1n) is 16.9. The zero-order valence-electron chi connectivity index (χ0n) is 25.3. The number of imidazole rings is 1. The third-order valence-corrected chi connectivity index (χ3v) is 8.10. The zero-order valence-corrected chi connectivity index (χ0v) is 25.3. The molecule has 1 aromatic rings. The fourth-order valence-corrected chi connectivity index (χ4v) is 5.62. The average Bonchev–Trinajstić information content (AvgIpc) is 3.27. The summed E-state index contributed by atoms with van der Waals surface area (Å²) in [7, 11) is 0. The first kappa shape index (κ1) is 33.2. The first-order chi connectivity index (χ1) is 17.8. The molecule has 36 heavy (non-hydrogen) atoms. The Morgan fingerprint density at radius 1 is 0.472 bits per heavy atom. The minimum absolute atomic E-state index is 1.23. The smallest absolute Gasteiger partial charge is 0.234 e. The molecule has 0 aromatic carbocycles. The SMILES string of the molecule is CCCCCCCCCCCCCCCn1cc[n+](CCCCCCCCC)c1CCCCCCC. The molecule has 0 saturated heterocycles. The third kappa shape index (κ3) is 18.5. The van der Waals surface area contributed by atoms with Crippen LogP contribution in [0.5, 0.6) is 0 Å². The van der Waals surface area contributed by atoms with E-state index in [1.165, 1.54) is 180 Å². The van der Waals surface area contributed by atoms with Crippen LogP contribution in [-0.2, 0) is 19.5 Å². The second-order valence-electron chi connectivity index (χ2n) is 11.6. The van der Waals surface area contributed by atoms with Crippen molar-refractivity contribution in [2.24, 2.45) is 0 Å². The molecule has 212 valence electrons. The standard InChI is InChI=1S/C34H67N2/c1-4-7-10-13-15-16-17-18-19-20-22-25-28-31-36-33-32-35(30-27-24-21-14-11-8-5-2)34(36)29-26-23-12-9-6-3/h32-33H,4-31H2,1-3H3/q+1. The highest BCUT2D eigenvalue weighted by atomic mass is 15.1. The van der Waals surface area contributed by atoms with Crippen LogP contribution < -0.4 is 4.57 Å². The van der Waals surface area contributed by atoms with Crippen molar-refractivity contribution in [1.82, 2.24) is 4.57 Å². The van der Waals surface area contributed by atoms with Crippen molar-refractivity contribution >= 4 is 0 Å². The Bertz CT molecular complexity index is 562. The van der Waals surface area contributed by atoms with E-state index >= 15 is 0 Å². The van der Waals surface area contributed by atoms with Gasteiger partial charge in [-0.15, -0.1) is 0 Å². The highest BCUT2D eigenvalue weighted by Crippen LogP contribution is 2.14. The van der Waals surface area contributed by atoms with Crippen LogP contribution in [-0.4, -0.2) is 4.57 Å². The van der Waals surface area contributed by atoms with Crippen molar-refractivity contribution in [3.8, 4) is 0 Å². The predicted molar refractivity (Wildman–Crippen MR) is 161 cm³/mol. The number of hydrogen-bond acceptors (Lipinski definition) is 0. The lowest BCUT2D eigenvalue weighted by atomic mass is 10.0. The highest BCUT2D eigenvalue weighted by Gasteiger charge is 2.16. The molecule has 0 aliphatic rings. The summed E-state index contributed by atoms with van der Waals surface area (Å²) in [4.78, 5) is 0. The predicted octanol–water partition coefficient (Wildman–Crippen LogP) is 11.1. The minimum Gasteiger partial charge on any atom is -0.234 e. The second-order valence-corrected chi connectivity index (χ2v) is 11.6. The summed E-state index contributed by atoms with van der Waals surface area (Å²) < 4.78 is 5.22. The number of unbranched alkanes of at least 4 members (excludes halogenated alkanes) is 22. The van der Waals surface area contributed by atoms with E-state index in [4.69, 9.17) is 0 Å². The quantitative estimate of drug-likeness (QED) is 0.0794. The molecule has 1 rings (SSSR count). The van der Waals surface area contributed by atoms with Crippen molar-refractivity contribution in [2.75, 3.05) is 0 Å². The summed E-state index contributed by atoms with van der Waals surface area (Å²) >= 11 is 0. The number of aromatic nitrogens is 2. The van der Waals surface area contributed by atoms with Gasteiger partial charge in [0.05, 0.1) is 13.1 Å². The molecule has 0 spiro atoms. The minimum atomic E-state index is 1.23. The van der Waals surface area contributed by atoms with Crippen molar-refractivity contribution in [3.63, 3.8) is 0 Å². The van der Waals surface area contributed by atoms with E-state index in [0.29, 0.717) is 0 Å². The summed E-state index contributed by atoms with van der Waals surface area (Å²) in [6, 6.07) is 0. The van der Waals surface area contributed by atoms with Crippen LogP contribution in [0.15, 0.2) is 12.4 Å². The van der Waals surface area contributed by atoms with Gasteiger partial charge in [-0.2, -0.15) is 0 Å². The van der Waals surface area contributed by atoms with Gasteiger partial charge in [-0.05, 0) is 32.1 Å². The molecule has 0 N–H and O–H groups in total. The van der Waals surface area contributed by atoms with Crippen LogP contribution in [0, 0.1) is 0 Å². The Labute approximate surface area is 228 Å². The van der Waals surface area contributed by atoms with Crippen molar-refractivity contribution in [3.05, 3.63) is 18.2 Å². The molecular weight excluding hydrogens is 436 g/mol. The average molecular weight is 504 g/mol. The van der Waals surface area contributed by atoms with Gasteiger partial charge >= 0.3 is 0 Å². The molecule has 0 amide bonds. The molecule has 2 heteroatoms. The van der Waals surface area contributed by atoms with Gasteiger partial charge in [-0.3, -0.25) is 0 Å². The number of aryl methyl sites for hydroxylation is 2. The maximum atomic E-state index is 2.61. The molecule has 0 aliphatic heterocycles. The molecule has 0 fully saturated rings. The van der Waals surface area contributed by atoms with Gasteiger partial charge < -0.3 is 0 Å². The van der Waals surface area contributed by atoms with E-state index in [1.54, 1.807) is 5.82 Å². The topological polar surface area (TPSA) is 8.81 Å². The van der Waals surface area contributed by atoms with Crippen LogP contribution in [0.1, 0.15) is 187 Å². The van der Waals surface area contributed by atoms with E-state index in [-0.39, 0.29) is 0 Å². The van der Waals surface area contributed by atoms with Crippen LogP contribution in [0.25, 0.3) is 0 Å². The molecule has 0 radical (unpaired) electrons. The molecule has 1 aromatic heterocycles. The molecule has 1 heterocycles. The summed E-state index contributed by atoms with van der Waals surface area (Å²) in [5, 5.41) is 0. The Kier molecular flexibility index (Phi) is 23.9. The maximum Gasteiger partial charge on any atom is 0.256 e. The van der Waals surface area contributed by atoms with Crippen LogP contribution in [0.2, 0.25) is 0 Å². The fourth-order valence-electron chi connectivity index (χ4n) is 5.62. The summed E-state index contributed by atoms with van der Waals surface area (Å²) in [5.74, 6) is 1.61. The Balaban J connectivity index is 2.24. The van der Waals surface area contributed by atoms with Crippen molar-refractivity contribution < 1.29 is 4.57 Å². The largest absolute Gasteiger partial charge is 0.256 e. The van der Waals surface area contributed by atoms with Gasteiger partial charge in [0.2, 0.25) is 0 Å². The second kappa shape index (κ2) is 25.8. The summed E-state index contributed by atoms with van der Waals surface area (Å²) in [6.07, 6.45) is 41.5. The summed E-state index contributed by atoms with van der Waals surface area (Å²) in [5.41, 5.74) is 0. The first-order valence-corrected chi connectivity index (χ1v) is 16.9. The zero-order chi connectivity index (χ0) is 25.9. The van der Waals surface area contributed by atoms with Gasteiger partial charge in [-0.25, -0.2) is 9.13 Å². The number of hydrogen-bond donors (Lipinski definition) is 0. The van der Waals surface area contributed by atoms with Gasteiger partial charge in [0.25, 0.3) is 5.82 Å². The Morgan fingerprint density at radius 2 is 0.861 bits per heavy atom. The van der Waals surface area contributed by atoms with E-state index < -0.39 is 0 Å². The van der Waals surface area contributed by atoms with Gasteiger partial charge in [0, 0.05) is 6.42 Å². The molecule has 0 unspecified atom stereocenters. The summed E-state index contributed by atoms with van der Waals surface area (Å²) in [6.45, 7) is 9.39. The lowest BCUT2D eigenvalue weighted by Crippen LogP contribution is -2.37. The maximum absolute atomic E-state index is 2.61. The number of nitrogens with zero attached hydrogens (tertiary/aromatic N) is 2. The van der Waals surface area contributed by atoms with Crippen LogP contribution >= 0.6 is 0 Å². The van der Waals surface area contributed by atoms with E-state index in [9.17, 15) is 0 Å². The van der Waals surface area contributed by atoms with Crippen LogP contribution in [0.3, 0.4) is 0 Å². The van der Waals surface area contributed by atoms with Gasteiger partial charge in [0.1, 0.15) is 12.4 Å². The Hall–Kier alpha value is -0.790. The monoisotopic (exact) mass is 504 g/mol. The van der Waals surface area contributed by atoms with Crippen LogP contribution in [0.4, 0.5) is 0 Å². The van der Waals surface area contributed by atoms with Gasteiger partial charge in [0.15, 0.2) is 0 Å². The van der Waals surface area contributed by atoms with E-state index in [2.05, 4.69) is 42.3 Å². The normalized spacial score (nSPS) is 11.5. The molecule has 0 atom stereocenters. The molecule has 0 bridgehead atoms.